The molecule has 0 saturated carbocycles. The standard InChI is InChI=1S/C21H23NO4/c1-13-10-14(2)18(15(3)11-13)17-12-21(26-22-17,20(24)25-4)19(23)16-8-6-5-7-9-16/h5-11,19,23H,12H2,1-4H3/t19-,21+/m0/s1. The zero-order chi connectivity index (χ0) is 18.9. The van der Waals surface area contributed by atoms with Gasteiger partial charge in [0.1, 0.15) is 6.10 Å². The van der Waals surface area contributed by atoms with E-state index in [1.807, 2.05) is 26.8 Å². The minimum atomic E-state index is -1.59. The maximum absolute atomic E-state index is 12.6. The normalized spacial score (nSPS) is 20.3. The molecule has 1 heterocycles. The fourth-order valence-corrected chi connectivity index (χ4v) is 3.66. The van der Waals surface area contributed by atoms with Crippen LogP contribution in [-0.2, 0) is 14.4 Å². The first-order valence-electron chi connectivity index (χ1n) is 8.53. The van der Waals surface area contributed by atoms with Crippen molar-refractivity contribution in [1.82, 2.24) is 0 Å². The van der Waals surface area contributed by atoms with E-state index < -0.39 is 17.7 Å². The highest BCUT2D eigenvalue weighted by Gasteiger charge is 2.54. The number of benzene rings is 2. The van der Waals surface area contributed by atoms with Crippen LogP contribution in [0.25, 0.3) is 0 Å². The summed E-state index contributed by atoms with van der Waals surface area (Å²) >= 11 is 0. The van der Waals surface area contributed by atoms with Crippen LogP contribution in [0.2, 0.25) is 0 Å². The van der Waals surface area contributed by atoms with Gasteiger partial charge < -0.3 is 14.7 Å². The number of ether oxygens (including phenoxy) is 1. The van der Waals surface area contributed by atoms with Gasteiger partial charge in [0.15, 0.2) is 0 Å². The third-order valence-corrected chi connectivity index (χ3v) is 4.80. The Morgan fingerprint density at radius 2 is 1.81 bits per heavy atom. The van der Waals surface area contributed by atoms with Gasteiger partial charge in [0.25, 0.3) is 5.60 Å². The molecule has 0 aromatic heterocycles. The molecule has 136 valence electrons. The Balaban J connectivity index is 2.00. The van der Waals surface area contributed by atoms with Crippen LogP contribution in [0.4, 0.5) is 0 Å². The fourth-order valence-electron chi connectivity index (χ4n) is 3.66. The molecule has 3 rings (SSSR count). The van der Waals surface area contributed by atoms with Crippen molar-refractivity contribution in [3.8, 4) is 0 Å². The first kappa shape index (κ1) is 18.1. The predicted molar refractivity (Wildman–Crippen MR) is 99.0 cm³/mol. The van der Waals surface area contributed by atoms with Gasteiger partial charge in [-0.1, -0.05) is 53.2 Å². The van der Waals surface area contributed by atoms with Crippen LogP contribution < -0.4 is 0 Å². The number of methoxy groups -OCH3 is 1. The summed E-state index contributed by atoms with van der Waals surface area (Å²) < 4.78 is 4.95. The van der Waals surface area contributed by atoms with Gasteiger partial charge in [0.05, 0.1) is 19.2 Å². The highest BCUT2D eigenvalue weighted by atomic mass is 16.7. The number of hydrogen-bond acceptors (Lipinski definition) is 5. The second-order valence-corrected chi connectivity index (χ2v) is 6.77. The minimum absolute atomic E-state index is 0.139. The summed E-state index contributed by atoms with van der Waals surface area (Å²) in [6, 6.07) is 13.1. The summed E-state index contributed by atoms with van der Waals surface area (Å²) in [5.74, 6) is -0.643. The van der Waals surface area contributed by atoms with Gasteiger partial charge in [-0.3, -0.25) is 0 Å². The second kappa shape index (κ2) is 6.92. The highest BCUT2D eigenvalue weighted by Crippen LogP contribution is 2.40. The number of oxime groups is 1. The van der Waals surface area contributed by atoms with Crippen LogP contribution in [-0.4, -0.2) is 29.5 Å². The summed E-state index contributed by atoms with van der Waals surface area (Å²) in [7, 11) is 1.28. The number of nitrogens with zero attached hydrogens (tertiary/aromatic N) is 1. The maximum Gasteiger partial charge on any atom is 0.356 e. The smallest absolute Gasteiger partial charge is 0.356 e. The predicted octanol–water partition coefficient (Wildman–Crippen LogP) is 3.38. The largest absolute Gasteiger partial charge is 0.466 e. The zero-order valence-corrected chi connectivity index (χ0v) is 15.4. The van der Waals surface area contributed by atoms with Crippen molar-refractivity contribution in [2.24, 2.45) is 5.16 Å². The molecule has 26 heavy (non-hydrogen) atoms. The van der Waals surface area contributed by atoms with Gasteiger partial charge in [0, 0.05) is 5.56 Å². The Morgan fingerprint density at radius 1 is 1.19 bits per heavy atom. The first-order valence-corrected chi connectivity index (χ1v) is 8.53. The van der Waals surface area contributed by atoms with E-state index in [0.29, 0.717) is 11.3 Å². The van der Waals surface area contributed by atoms with E-state index in [1.165, 1.54) is 7.11 Å². The Hall–Kier alpha value is -2.66. The Morgan fingerprint density at radius 3 is 2.38 bits per heavy atom. The van der Waals surface area contributed by atoms with E-state index >= 15 is 0 Å². The van der Waals surface area contributed by atoms with E-state index in [0.717, 1.165) is 22.3 Å². The molecule has 5 nitrogen and oxygen atoms in total. The number of aliphatic hydroxyl groups is 1. The molecule has 2 aromatic rings. The van der Waals surface area contributed by atoms with Crippen molar-refractivity contribution in [3.05, 3.63) is 70.3 Å². The Labute approximate surface area is 153 Å². The Bertz CT molecular complexity index is 837. The number of carbonyl (C=O) groups excluding carboxylic acids is 1. The SMILES string of the molecule is COC(=O)[C@]1([C@@H](O)c2ccccc2)CC(c2c(C)cc(C)cc2C)=NO1. The van der Waals surface area contributed by atoms with E-state index in [9.17, 15) is 9.90 Å². The molecule has 0 spiro atoms. The maximum atomic E-state index is 12.6. The van der Waals surface area contributed by atoms with Crippen molar-refractivity contribution < 1.29 is 19.5 Å². The number of carbonyl (C=O) groups is 1. The van der Waals surface area contributed by atoms with Gasteiger partial charge in [-0.2, -0.15) is 0 Å². The molecular weight excluding hydrogens is 330 g/mol. The van der Waals surface area contributed by atoms with Crippen molar-refractivity contribution in [1.29, 1.82) is 0 Å². The highest BCUT2D eigenvalue weighted by molar-refractivity contribution is 6.07. The molecule has 0 fully saturated rings. The van der Waals surface area contributed by atoms with Crippen LogP contribution >= 0.6 is 0 Å². The average molecular weight is 353 g/mol. The van der Waals surface area contributed by atoms with Crippen molar-refractivity contribution in [2.45, 2.75) is 38.9 Å². The van der Waals surface area contributed by atoms with E-state index in [1.54, 1.807) is 24.3 Å². The topological polar surface area (TPSA) is 68.1 Å². The molecule has 0 unspecified atom stereocenters. The third kappa shape index (κ3) is 2.99. The molecule has 1 aliphatic heterocycles. The summed E-state index contributed by atoms with van der Waals surface area (Å²) in [6.45, 7) is 6.04. The molecule has 0 aliphatic carbocycles. The summed E-state index contributed by atoms with van der Waals surface area (Å²) in [6.07, 6.45) is -1.05. The lowest BCUT2D eigenvalue weighted by Crippen LogP contribution is -2.46. The van der Waals surface area contributed by atoms with Crippen molar-refractivity contribution in [2.75, 3.05) is 7.11 Å². The van der Waals surface area contributed by atoms with E-state index in [-0.39, 0.29) is 6.42 Å². The van der Waals surface area contributed by atoms with Gasteiger partial charge >= 0.3 is 5.97 Å². The molecule has 0 saturated heterocycles. The molecule has 2 aromatic carbocycles. The molecule has 5 heteroatoms. The van der Waals surface area contributed by atoms with E-state index in [2.05, 4.69) is 17.3 Å². The molecule has 0 radical (unpaired) electrons. The van der Waals surface area contributed by atoms with Gasteiger partial charge in [-0.05, 0) is 37.5 Å². The molecule has 1 N–H and O–H groups in total. The van der Waals surface area contributed by atoms with Crippen LogP contribution in [0.3, 0.4) is 0 Å². The van der Waals surface area contributed by atoms with Crippen LogP contribution in [0.5, 0.6) is 0 Å². The summed E-state index contributed by atoms with van der Waals surface area (Å²) in [5, 5.41) is 15.1. The van der Waals surface area contributed by atoms with Crippen molar-refractivity contribution in [3.63, 3.8) is 0 Å². The van der Waals surface area contributed by atoms with Gasteiger partial charge in [-0.25, -0.2) is 4.79 Å². The van der Waals surface area contributed by atoms with Crippen LogP contribution in [0.1, 0.15) is 40.3 Å². The van der Waals surface area contributed by atoms with Gasteiger partial charge in [-0.15, -0.1) is 0 Å². The number of hydrogen-bond donors (Lipinski definition) is 1. The third-order valence-electron chi connectivity index (χ3n) is 4.80. The zero-order valence-electron chi connectivity index (χ0n) is 15.4. The van der Waals surface area contributed by atoms with Crippen LogP contribution in [0.15, 0.2) is 47.6 Å². The fraction of sp³-hybridized carbons (Fsp3) is 0.333. The lowest BCUT2D eigenvalue weighted by Gasteiger charge is -2.29. The number of aryl methyl sites for hydroxylation is 3. The van der Waals surface area contributed by atoms with E-state index in [4.69, 9.17) is 9.57 Å². The van der Waals surface area contributed by atoms with Crippen molar-refractivity contribution >= 4 is 11.7 Å². The minimum Gasteiger partial charge on any atom is -0.466 e. The quantitative estimate of drug-likeness (QED) is 0.856. The number of rotatable bonds is 4. The lowest BCUT2D eigenvalue weighted by molar-refractivity contribution is -0.182. The Kier molecular flexibility index (Phi) is 4.83. The van der Waals surface area contributed by atoms with Gasteiger partial charge in [0.2, 0.25) is 0 Å². The number of esters is 1. The number of aliphatic hydroxyl groups excluding tert-OH is 1. The summed E-state index contributed by atoms with van der Waals surface area (Å²) in [4.78, 5) is 18.2. The van der Waals surface area contributed by atoms with Crippen LogP contribution in [0, 0.1) is 20.8 Å². The summed E-state index contributed by atoms with van der Waals surface area (Å²) in [5.41, 5.74) is 3.84. The molecule has 0 amide bonds. The molecule has 2 atom stereocenters. The monoisotopic (exact) mass is 353 g/mol. The molecule has 0 bridgehead atoms. The molecular formula is C21H23NO4. The first-order chi connectivity index (χ1) is 12.4. The average Bonchev–Trinajstić information content (AvgIpc) is 3.06. The lowest BCUT2D eigenvalue weighted by atomic mass is 9.83. The second-order valence-electron chi connectivity index (χ2n) is 6.77. The molecule has 1 aliphatic rings.